The van der Waals surface area contributed by atoms with E-state index in [1.165, 1.54) is 11.3 Å². The minimum Gasteiger partial charge on any atom is -0.497 e. The van der Waals surface area contributed by atoms with Gasteiger partial charge in [0, 0.05) is 13.6 Å². The van der Waals surface area contributed by atoms with Gasteiger partial charge in [0.1, 0.15) is 10.4 Å². The van der Waals surface area contributed by atoms with Crippen molar-refractivity contribution < 1.29 is 4.74 Å². The lowest BCUT2D eigenvalue weighted by molar-refractivity contribution is 0.414. The molecular formula is C14H12Cl2N4OS. The maximum atomic E-state index is 6.08. The summed E-state index contributed by atoms with van der Waals surface area (Å²) in [5, 5.41) is 1.24. The number of aromatic nitrogens is 3. The van der Waals surface area contributed by atoms with Gasteiger partial charge in [-0.05, 0) is 29.3 Å². The Morgan fingerprint density at radius 2 is 1.86 bits per heavy atom. The molecular weight excluding hydrogens is 343 g/mol. The van der Waals surface area contributed by atoms with Gasteiger partial charge < -0.3 is 9.64 Å². The van der Waals surface area contributed by atoms with E-state index in [9.17, 15) is 0 Å². The molecule has 0 atom stereocenters. The molecule has 3 aromatic rings. The minimum absolute atomic E-state index is 0.104. The van der Waals surface area contributed by atoms with Crippen LogP contribution in [-0.2, 0) is 6.54 Å². The summed E-state index contributed by atoms with van der Waals surface area (Å²) in [6.07, 6.45) is 0. The Bertz CT molecular complexity index is 806. The van der Waals surface area contributed by atoms with Gasteiger partial charge >= 0.3 is 0 Å². The average Bonchev–Trinajstić information content (AvgIpc) is 2.92. The lowest BCUT2D eigenvalue weighted by Crippen LogP contribution is -2.15. The van der Waals surface area contributed by atoms with E-state index in [2.05, 4.69) is 15.0 Å². The predicted octanol–water partition coefficient (Wildman–Crippen LogP) is 4.04. The zero-order valence-corrected chi connectivity index (χ0v) is 14.2. The number of benzene rings is 1. The van der Waals surface area contributed by atoms with Crippen LogP contribution in [0.1, 0.15) is 5.56 Å². The minimum atomic E-state index is 0.104. The van der Waals surface area contributed by atoms with Gasteiger partial charge in [-0.25, -0.2) is 4.98 Å². The summed E-state index contributed by atoms with van der Waals surface area (Å²) < 4.78 is 5.90. The van der Waals surface area contributed by atoms with E-state index in [-0.39, 0.29) is 5.28 Å². The molecule has 0 amide bonds. The van der Waals surface area contributed by atoms with Crippen molar-refractivity contribution in [1.29, 1.82) is 0 Å². The van der Waals surface area contributed by atoms with Crippen LogP contribution in [0.15, 0.2) is 24.3 Å². The first kappa shape index (κ1) is 15.3. The molecule has 1 aromatic carbocycles. The standard InChI is InChI=1S/C14H12Cl2N4OS/c1-20(7-8-3-5-9(21-2)6-4-8)14-19-12-10(22-14)11(15)17-13(16)18-12/h3-6H,7H2,1-2H3. The number of methoxy groups -OCH3 is 1. The lowest BCUT2D eigenvalue weighted by atomic mass is 10.2. The van der Waals surface area contributed by atoms with Gasteiger partial charge in [0.2, 0.25) is 5.28 Å². The lowest BCUT2D eigenvalue weighted by Gasteiger charge is -2.15. The van der Waals surface area contributed by atoms with Gasteiger partial charge in [-0.3, -0.25) is 0 Å². The number of fused-ring (bicyclic) bond motifs is 1. The van der Waals surface area contributed by atoms with E-state index < -0.39 is 0 Å². The fourth-order valence-corrected chi connectivity index (χ4v) is 3.33. The Hall–Kier alpha value is -1.63. The maximum absolute atomic E-state index is 6.08. The summed E-state index contributed by atoms with van der Waals surface area (Å²) in [4.78, 5) is 14.5. The van der Waals surface area contributed by atoms with Crippen LogP contribution in [0, 0.1) is 0 Å². The number of thiazole rings is 1. The number of anilines is 1. The van der Waals surface area contributed by atoms with Crippen LogP contribution < -0.4 is 9.64 Å². The molecule has 0 aliphatic carbocycles. The summed E-state index contributed by atoms with van der Waals surface area (Å²) in [6.45, 7) is 0.711. The highest BCUT2D eigenvalue weighted by Crippen LogP contribution is 2.32. The van der Waals surface area contributed by atoms with Gasteiger partial charge in [-0.2, -0.15) is 9.97 Å². The molecule has 0 bridgehead atoms. The van der Waals surface area contributed by atoms with Crippen molar-refractivity contribution >= 4 is 50.0 Å². The molecule has 0 N–H and O–H groups in total. The second kappa shape index (κ2) is 6.24. The van der Waals surface area contributed by atoms with Crippen molar-refractivity contribution in [2.24, 2.45) is 0 Å². The number of hydrogen-bond donors (Lipinski definition) is 0. The third-order valence-corrected chi connectivity index (χ3v) is 4.80. The number of halogens is 2. The van der Waals surface area contributed by atoms with E-state index in [1.54, 1.807) is 7.11 Å². The van der Waals surface area contributed by atoms with Gasteiger partial charge in [0.25, 0.3) is 0 Å². The topological polar surface area (TPSA) is 51.1 Å². The molecule has 3 rings (SSSR count). The molecule has 114 valence electrons. The second-order valence-electron chi connectivity index (χ2n) is 4.64. The zero-order chi connectivity index (χ0) is 15.7. The van der Waals surface area contributed by atoms with Crippen LogP contribution >= 0.6 is 34.5 Å². The first-order chi connectivity index (χ1) is 10.6. The van der Waals surface area contributed by atoms with E-state index in [1.807, 2.05) is 36.2 Å². The Kier molecular flexibility index (Phi) is 4.33. The first-order valence-corrected chi connectivity index (χ1v) is 7.97. The number of ether oxygens (including phenoxy) is 1. The summed E-state index contributed by atoms with van der Waals surface area (Å²) in [7, 11) is 3.61. The van der Waals surface area contributed by atoms with Crippen molar-refractivity contribution in [2.75, 3.05) is 19.1 Å². The average molecular weight is 355 g/mol. The quantitative estimate of drug-likeness (QED) is 0.522. The Balaban J connectivity index is 1.85. The smallest absolute Gasteiger partial charge is 0.225 e. The van der Waals surface area contributed by atoms with Crippen molar-refractivity contribution in [1.82, 2.24) is 15.0 Å². The normalized spacial score (nSPS) is 10.9. The predicted molar refractivity (Wildman–Crippen MR) is 90.3 cm³/mol. The molecule has 5 nitrogen and oxygen atoms in total. The van der Waals surface area contributed by atoms with E-state index >= 15 is 0 Å². The van der Waals surface area contributed by atoms with Crippen molar-refractivity contribution in [3.63, 3.8) is 0 Å². The molecule has 2 heterocycles. The summed E-state index contributed by atoms with van der Waals surface area (Å²) >= 11 is 13.3. The highest BCUT2D eigenvalue weighted by atomic mass is 35.5. The van der Waals surface area contributed by atoms with Crippen LogP contribution in [0.2, 0.25) is 10.4 Å². The molecule has 0 aliphatic heterocycles. The fourth-order valence-electron chi connectivity index (χ4n) is 1.99. The van der Waals surface area contributed by atoms with E-state index in [0.29, 0.717) is 17.3 Å². The number of rotatable bonds is 4. The van der Waals surface area contributed by atoms with Crippen LogP contribution in [0.5, 0.6) is 5.75 Å². The van der Waals surface area contributed by atoms with Gasteiger partial charge in [0.15, 0.2) is 15.9 Å². The molecule has 0 radical (unpaired) electrons. The molecule has 0 unspecified atom stereocenters. The van der Waals surface area contributed by atoms with Crippen molar-refractivity contribution in [2.45, 2.75) is 6.54 Å². The Labute approximate surface area is 141 Å². The molecule has 0 saturated carbocycles. The molecule has 0 fully saturated rings. The largest absolute Gasteiger partial charge is 0.497 e. The van der Waals surface area contributed by atoms with Gasteiger partial charge in [-0.1, -0.05) is 35.1 Å². The van der Waals surface area contributed by atoms with E-state index in [0.717, 1.165) is 21.1 Å². The fraction of sp³-hybridized carbons (Fsp3) is 0.214. The maximum Gasteiger partial charge on any atom is 0.225 e. The summed E-state index contributed by atoms with van der Waals surface area (Å²) in [5.74, 6) is 0.836. The molecule has 0 saturated heterocycles. The van der Waals surface area contributed by atoms with Gasteiger partial charge in [-0.15, -0.1) is 0 Å². The van der Waals surface area contributed by atoms with Crippen molar-refractivity contribution in [3.8, 4) is 5.75 Å². The third-order valence-electron chi connectivity index (χ3n) is 3.08. The third kappa shape index (κ3) is 3.09. The highest BCUT2D eigenvalue weighted by Gasteiger charge is 2.14. The molecule has 8 heteroatoms. The molecule has 0 aliphatic rings. The summed E-state index contributed by atoms with van der Waals surface area (Å²) in [5.41, 5.74) is 1.67. The van der Waals surface area contributed by atoms with E-state index in [4.69, 9.17) is 27.9 Å². The van der Waals surface area contributed by atoms with Crippen LogP contribution in [0.25, 0.3) is 10.3 Å². The monoisotopic (exact) mass is 354 g/mol. The number of hydrogen-bond acceptors (Lipinski definition) is 6. The Morgan fingerprint density at radius 1 is 1.14 bits per heavy atom. The molecule has 2 aromatic heterocycles. The molecule has 0 spiro atoms. The van der Waals surface area contributed by atoms with Gasteiger partial charge in [0.05, 0.1) is 7.11 Å². The SMILES string of the molecule is COc1ccc(CN(C)c2nc3nc(Cl)nc(Cl)c3s2)cc1. The Morgan fingerprint density at radius 3 is 2.55 bits per heavy atom. The van der Waals surface area contributed by atoms with Crippen LogP contribution in [-0.4, -0.2) is 29.1 Å². The second-order valence-corrected chi connectivity index (χ2v) is 6.31. The zero-order valence-electron chi connectivity index (χ0n) is 11.9. The summed E-state index contributed by atoms with van der Waals surface area (Å²) in [6, 6.07) is 7.91. The first-order valence-electron chi connectivity index (χ1n) is 6.40. The van der Waals surface area contributed by atoms with Crippen LogP contribution in [0.4, 0.5) is 5.13 Å². The highest BCUT2D eigenvalue weighted by molar-refractivity contribution is 7.22. The molecule has 22 heavy (non-hydrogen) atoms. The van der Waals surface area contributed by atoms with Crippen molar-refractivity contribution in [3.05, 3.63) is 40.3 Å². The van der Waals surface area contributed by atoms with Crippen LogP contribution in [0.3, 0.4) is 0 Å². The number of nitrogens with zero attached hydrogens (tertiary/aromatic N) is 4.